The Balaban J connectivity index is 3.76. The van der Waals surface area contributed by atoms with Gasteiger partial charge in [0, 0.05) is 15.2 Å². The van der Waals surface area contributed by atoms with E-state index in [9.17, 15) is 0 Å². The predicted octanol–water partition coefficient (Wildman–Crippen LogP) is 4.98. The molecule has 0 saturated heterocycles. The Morgan fingerprint density at radius 3 is 1.32 bits per heavy atom. The molecule has 0 unspecified atom stereocenters. The molecule has 0 nitrogen and oxygen atoms in total. The van der Waals surface area contributed by atoms with Gasteiger partial charge in [0.05, 0.1) is 7.11 Å². The molecule has 0 aliphatic heterocycles. The van der Waals surface area contributed by atoms with E-state index in [1.807, 2.05) is 0 Å². The summed E-state index contributed by atoms with van der Waals surface area (Å²) in [6.45, 7) is 23.3. The average Bonchev–Trinajstić information content (AvgIpc) is 2.12. The third-order valence-electron chi connectivity index (χ3n) is 4.58. The van der Waals surface area contributed by atoms with Gasteiger partial charge >= 0.3 is 0 Å². The molecule has 0 N–H and O–H groups in total. The Bertz CT molecular complexity index is 380. The van der Waals surface area contributed by atoms with Crippen molar-refractivity contribution in [3.63, 3.8) is 0 Å². The van der Waals surface area contributed by atoms with Gasteiger partial charge in [-0.15, -0.1) is 0 Å². The topological polar surface area (TPSA) is 0 Å². The van der Waals surface area contributed by atoms with E-state index in [-0.39, 0.29) is 0 Å². The standard InChI is InChI=1S/C16H32Si3/c1-16(2,3)19(17(4,5)6,18(7,8)9)15-13-11-10-12-14-15/h10-14H,1-9H3. The van der Waals surface area contributed by atoms with E-state index in [0.29, 0.717) is 5.04 Å². The van der Waals surface area contributed by atoms with Crippen molar-refractivity contribution in [1.29, 1.82) is 0 Å². The maximum absolute atomic E-state index is 2.62. The molecular formula is C16H32Si3. The molecule has 0 bridgehead atoms. The summed E-state index contributed by atoms with van der Waals surface area (Å²) in [4.78, 5) is 0. The average molecular weight is 309 g/mol. The highest BCUT2D eigenvalue weighted by Gasteiger charge is 2.61. The van der Waals surface area contributed by atoms with Crippen molar-refractivity contribution in [2.45, 2.75) is 65.1 Å². The van der Waals surface area contributed by atoms with E-state index < -0.39 is 22.3 Å². The first-order chi connectivity index (χ1) is 8.36. The number of benzene rings is 1. The lowest BCUT2D eigenvalue weighted by Crippen LogP contribution is -2.82. The van der Waals surface area contributed by atoms with Crippen LogP contribution in [0.25, 0.3) is 0 Å². The zero-order valence-corrected chi connectivity index (χ0v) is 17.4. The van der Waals surface area contributed by atoms with Crippen molar-refractivity contribution < 1.29 is 0 Å². The molecule has 0 radical (unpaired) electrons. The minimum Gasteiger partial charge on any atom is -0.0713 e. The summed E-state index contributed by atoms with van der Waals surface area (Å²) in [5, 5.41) is 2.17. The SMILES string of the molecule is CC(C)(C)[Si](c1ccccc1)([Si](C)(C)C)[Si](C)(C)C. The largest absolute Gasteiger partial charge is 0.0786 e. The first-order valence-corrected chi connectivity index (χ1v) is 18.4. The molecule has 3 heteroatoms. The molecule has 0 aliphatic carbocycles. The van der Waals surface area contributed by atoms with Crippen LogP contribution in [0.15, 0.2) is 30.3 Å². The van der Waals surface area contributed by atoms with Crippen molar-refractivity contribution >= 4 is 27.5 Å². The van der Waals surface area contributed by atoms with Gasteiger partial charge in [-0.05, 0) is 5.04 Å². The second-order valence-electron chi connectivity index (χ2n) is 8.87. The lowest BCUT2D eigenvalue weighted by Gasteiger charge is -2.58. The van der Waals surface area contributed by atoms with Crippen LogP contribution >= 0.6 is 0 Å². The molecular weight excluding hydrogens is 276 g/mol. The fraction of sp³-hybridized carbons (Fsp3) is 0.625. The zero-order valence-electron chi connectivity index (χ0n) is 14.4. The van der Waals surface area contributed by atoms with Gasteiger partial charge in [-0.3, -0.25) is 0 Å². The molecule has 0 heterocycles. The number of rotatable bonds is 3. The van der Waals surface area contributed by atoms with Gasteiger partial charge < -0.3 is 0 Å². The summed E-state index contributed by atoms with van der Waals surface area (Å²) >= 11 is 0. The van der Waals surface area contributed by atoms with E-state index in [1.165, 1.54) is 0 Å². The molecule has 0 spiro atoms. The van der Waals surface area contributed by atoms with Gasteiger partial charge in [-0.1, -0.05) is 95.6 Å². The fourth-order valence-electron chi connectivity index (χ4n) is 5.36. The maximum Gasteiger partial charge on any atom is 0.0786 e. The normalized spacial score (nSPS) is 14.6. The summed E-state index contributed by atoms with van der Waals surface area (Å²) in [7, 11) is -3.99. The Labute approximate surface area is 123 Å². The molecule has 1 aromatic carbocycles. The lowest BCUT2D eigenvalue weighted by atomic mass is 10.2. The van der Waals surface area contributed by atoms with E-state index in [1.54, 1.807) is 5.19 Å². The number of hydrogen-bond donors (Lipinski definition) is 0. The van der Waals surface area contributed by atoms with Crippen molar-refractivity contribution in [2.24, 2.45) is 0 Å². The monoisotopic (exact) mass is 308 g/mol. The summed E-state index contributed by atoms with van der Waals surface area (Å²) in [5.74, 6) is 0. The summed E-state index contributed by atoms with van der Waals surface area (Å²) in [6, 6.07) is 11.5. The van der Waals surface area contributed by atoms with Gasteiger partial charge in [-0.25, -0.2) is 0 Å². The smallest absolute Gasteiger partial charge is 0.0713 e. The van der Waals surface area contributed by atoms with E-state index in [2.05, 4.69) is 90.4 Å². The minimum absolute atomic E-state index is 0.448. The van der Waals surface area contributed by atoms with E-state index in [0.717, 1.165) is 0 Å². The van der Waals surface area contributed by atoms with Gasteiger partial charge in [0.2, 0.25) is 0 Å². The highest BCUT2D eigenvalue weighted by molar-refractivity contribution is 7.73. The van der Waals surface area contributed by atoms with Gasteiger partial charge in [0.15, 0.2) is 0 Å². The van der Waals surface area contributed by atoms with Gasteiger partial charge in [0.1, 0.15) is 0 Å². The van der Waals surface area contributed by atoms with E-state index in [4.69, 9.17) is 0 Å². The molecule has 1 rings (SSSR count). The summed E-state index contributed by atoms with van der Waals surface area (Å²) < 4.78 is 0. The van der Waals surface area contributed by atoms with E-state index >= 15 is 0 Å². The Hall–Kier alpha value is -0.129. The van der Waals surface area contributed by atoms with Gasteiger partial charge in [-0.2, -0.15) is 0 Å². The van der Waals surface area contributed by atoms with Crippen molar-refractivity contribution in [3.05, 3.63) is 30.3 Å². The molecule has 0 saturated carbocycles. The third-order valence-corrected chi connectivity index (χ3v) is 45.8. The molecule has 108 valence electrons. The fourth-order valence-corrected chi connectivity index (χ4v) is 62.1. The predicted molar refractivity (Wildman–Crippen MR) is 98.2 cm³/mol. The summed E-state index contributed by atoms with van der Waals surface area (Å²) in [6.07, 6.45) is 0. The van der Waals surface area contributed by atoms with Gasteiger partial charge in [0.25, 0.3) is 0 Å². The molecule has 1 aromatic rings. The second kappa shape index (κ2) is 5.01. The second-order valence-corrected chi connectivity index (χ2v) is 36.4. The maximum atomic E-state index is 2.62. The van der Waals surface area contributed by atoms with Crippen LogP contribution < -0.4 is 5.19 Å². The van der Waals surface area contributed by atoms with Crippen molar-refractivity contribution in [3.8, 4) is 0 Å². The quantitative estimate of drug-likeness (QED) is 0.691. The molecule has 0 atom stereocenters. The van der Waals surface area contributed by atoms with Crippen LogP contribution in [0.2, 0.25) is 44.3 Å². The van der Waals surface area contributed by atoms with Crippen molar-refractivity contribution in [2.75, 3.05) is 0 Å². The molecule has 0 aliphatic rings. The van der Waals surface area contributed by atoms with Crippen LogP contribution in [-0.4, -0.2) is 22.3 Å². The summed E-state index contributed by atoms with van der Waals surface area (Å²) in [5.41, 5.74) is 0. The lowest BCUT2D eigenvalue weighted by molar-refractivity contribution is 0.744. The minimum atomic E-state index is -1.50. The highest BCUT2D eigenvalue weighted by atomic mass is 29.6. The Morgan fingerprint density at radius 1 is 0.684 bits per heavy atom. The first kappa shape index (κ1) is 16.9. The number of hydrogen-bond acceptors (Lipinski definition) is 0. The first-order valence-electron chi connectivity index (χ1n) is 7.41. The van der Waals surface area contributed by atoms with Crippen LogP contribution in [0.1, 0.15) is 20.8 Å². The molecule has 19 heavy (non-hydrogen) atoms. The van der Waals surface area contributed by atoms with Crippen LogP contribution in [-0.2, 0) is 0 Å². The Morgan fingerprint density at radius 2 is 1.05 bits per heavy atom. The molecule has 0 amide bonds. The van der Waals surface area contributed by atoms with Crippen LogP contribution in [0.4, 0.5) is 0 Å². The molecule has 0 fully saturated rings. The van der Waals surface area contributed by atoms with Crippen molar-refractivity contribution in [1.82, 2.24) is 0 Å². The highest BCUT2D eigenvalue weighted by Crippen LogP contribution is 2.46. The Kier molecular flexibility index (Phi) is 4.46. The van der Waals surface area contributed by atoms with Crippen LogP contribution in [0.3, 0.4) is 0 Å². The molecule has 0 aromatic heterocycles. The van der Waals surface area contributed by atoms with Crippen LogP contribution in [0, 0.1) is 0 Å². The van der Waals surface area contributed by atoms with Crippen LogP contribution in [0.5, 0.6) is 0 Å². The third kappa shape index (κ3) is 2.69. The zero-order chi connectivity index (χ0) is 15.1.